The van der Waals surface area contributed by atoms with Gasteiger partial charge in [0.15, 0.2) is 0 Å². The number of halogens is 1. The molecule has 1 heterocycles. The van der Waals surface area contributed by atoms with Gasteiger partial charge in [-0.3, -0.25) is 9.59 Å². The average Bonchev–Trinajstić information content (AvgIpc) is 2.79. The second-order valence-electron chi connectivity index (χ2n) is 6.98. The quantitative estimate of drug-likeness (QED) is 0.488. The monoisotopic (exact) mass is 433 g/mol. The van der Waals surface area contributed by atoms with Gasteiger partial charge in [0.25, 0.3) is 11.5 Å². The third-order valence-electron chi connectivity index (χ3n) is 4.95. The van der Waals surface area contributed by atoms with E-state index < -0.39 is 0 Å². The van der Waals surface area contributed by atoms with Gasteiger partial charge < -0.3 is 14.6 Å². The van der Waals surface area contributed by atoms with E-state index in [9.17, 15) is 9.59 Å². The summed E-state index contributed by atoms with van der Waals surface area (Å²) < 4.78 is 5.44. The first-order valence-corrected chi connectivity index (χ1v) is 10.1. The zero-order valence-corrected chi connectivity index (χ0v) is 17.6. The topological polar surface area (TPSA) is 75.3 Å². The standard InChI is InChI=1S/C24H20ClN3O3/c1-31-21-13-7-2-8-16(21)14-28(24(30)17-9-3-5-11-19(17)25)15-22-26-20-12-6-4-10-18(20)23(29)27-22/h2-13H,14-15H2,1H3,(H,26,27,29). The number of rotatable bonds is 6. The van der Waals surface area contributed by atoms with Crippen LogP contribution in [0.5, 0.6) is 5.75 Å². The molecule has 7 heteroatoms. The summed E-state index contributed by atoms with van der Waals surface area (Å²) in [5.41, 5.74) is 1.53. The molecule has 4 rings (SSSR count). The Morgan fingerprint density at radius 2 is 1.71 bits per heavy atom. The molecule has 31 heavy (non-hydrogen) atoms. The van der Waals surface area contributed by atoms with E-state index in [-0.39, 0.29) is 24.6 Å². The molecular formula is C24H20ClN3O3. The molecule has 0 aliphatic heterocycles. The van der Waals surface area contributed by atoms with Gasteiger partial charge in [-0.1, -0.05) is 54.1 Å². The molecule has 1 amide bonds. The van der Waals surface area contributed by atoms with Crippen LogP contribution in [0, 0.1) is 0 Å². The Hall–Kier alpha value is -3.64. The number of aromatic nitrogens is 2. The van der Waals surface area contributed by atoms with Crippen molar-refractivity contribution in [1.29, 1.82) is 0 Å². The van der Waals surface area contributed by atoms with Crippen molar-refractivity contribution in [2.75, 3.05) is 7.11 Å². The molecule has 6 nitrogen and oxygen atoms in total. The van der Waals surface area contributed by atoms with E-state index in [0.717, 1.165) is 5.56 Å². The zero-order chi connectivity index (χ0) is 21.8. The van der Waals surface area contributed by atoms with Crippen molar-refractivity contribution in [3.8, 4) is 5.75 Å². The van der Waals surface area contributed by atoms with Gasteiger partial charge in [-0.2, -0.15) is 0 Å². The van der Waals surface area contributed by atoms with Crippen molar-refractivity contribution in [3.63, 3.8) is 0 Å². The maximum absolute atomic E-state index is 13.4. The van der Waals surface area contributed by atoms with Gasteiger partial charge in [-0.15, -0.1) is 0 Å². The predicted molar refractivity (Wildman–Crippen MR) is 120 cm³/mol. The number of para-hydroxylation sites is 2. The number of hydrogen-bond acceptors (Lipinski definition) is 4. The van der Waals surface area contributed by atoms with Crippen LogP contribution < -0.4 is 10.3 Å². The Morgan fingerprint density at radius 3 is 2.52 bits per heavy atom. The van der Waals surface area contributed by atoms with Crippen molar-refractivity contribution in [2.45, 2.75) is 13.1 Å². The molecule has 1 aromatic heterocycles. The molecule has 156 valence electrons. The Kier molecular flexibility index (Phi) is 6.00. The van der Waals surface area contributed by atoms with Crippen molar-refractivity contribution in [3.05, 3.63) is 105 Å². The molecule has 3 aromatic carbocycles. The van der Waals surface area contributed by atoms with Gasteiger partial charge in [0, 0.05) is 5.56 Å². The molecule has 0 saturated heterocycles. The van der Waals surface area contributed by atoms with E-state index in [4.69, 9.17) is 16.3 Å². The van der Waals surface area contributed by atoms with Crippen LogP contribution in [0.2, 0.25) is 5.02 Å². The first-order chi connectivity index (χ1) is 15.1. The van der Waals surface area contributed by atoms with Crippen LogP contribution in [0.1, 0.15) is 21.7 Å². The Labute approximate surface area is 184 Å². The normalized spacial score (nSPS) is 10.8. The van der Waals surface area contributed by atoms with Crippen LogP contribution in [0.4, 0.5) is 0 Å². The van der Waals surface area contributed by atoms with Gasteiger partial charge in [-0.25, -0.2) is 4.98 Å². The fourth-order valence-corrected chi connectivity index (χ4v) is 3.65. The number of methoxy groups -OCH3 is 1. The largest absolute Gasteiger partial charge is 0.496 e. The number of nitrogens with zero attached hydrogens (tertiary/aromatic N) is 2. The van der Waals surface area contributed by atoms with Crippen LogP contribution in [-0.2, 0) is 13.1 Å². The van der Waals surface area contributed by atoms with Gasteiger partial charge in [0.1, 0.15) is 11.6 Å². The molecule has 0 saturated carbocycles. The number of amides is 1. The highest BCUT2D eigenvalue weighted by molar-refractivity contribution is 6.33. The van der Waals surface area contributed by atoms with Crippen LogP contribution >= 0.6 is 11.6 Å². The number of benzene rings is 3. The molecule has 1 N–H and O–H groups in total. The van der Waals surface area contributed by atoms with Gasteiger partial charge in [0.05, 0.1) is 41.7 Å². The van der Waals surface area contributed by atoms with Crippen molar-refractivity contribution < 1.29 is 9.53 Å². The molecule has 0 radical (unpaired) electrons. The zero-order valence-electron chi connectivity index (χ0n) is 16.8. The van der Waals surface area contributed by atoms with Crippen molar-refractivity contribution >= 4 is 28.4 Å². The highest BCUT2D eigenvalue weighted by Gasteiger charge is 2.21. The van der Waals surface area contributed by atoms with E-state index in [1.807, 2.05) is 30.3 Å². The van der Waals surface area contributed by atoms with Gasteiger partial charge >= 0.3 is 0 Å². The summed E-state index contributed by atoms with van der Waals surface area (Å²) in [5, 5.41) is 0.859. The van der Waals surface area contributed by atoms with Crippen LogP contribution in [0.25, 0.3) is 10.9 Å². The first kappa shape index (κ1) is 20.6. The van der Waals surface area contributed by atoms with Crippen LogP contribution in [0.3, 0.4) is 0 Å². The smallest absolute Gasteiger partial charge is 0.258 e. The lowest BCUT2D eigenvalue weighted by Crippen LogP contribution is -2.32. The van der Waals surface area contributed by atoms with E-state index >= 15 is 0 Å². The van der Waals surface area contributed by atoms with E-state index in [0.29, 0.717) is 33.1 Å². The molecule has 0 atom stereocenters. The van der Waals surface area contributed by atoms with Gasteiger partial charge in [-0.05, 0) is 30.3 Å². The number of fused-ring (bicyclic) bond motifs is 1. The number of H-pyrrole nitrogens is 1. The highest BCUT2D eigenvalue weighted by atomic mass is 35.5. The second kappa shape index (κ2) is 9.02. The molecule has 0 aliphatic rings. The Morgan fingerprint density at radius 1 is 1.00 bits per heavy atom. The summed E-state index contributed by atoms with van der Waals surface area (Å²) in [5.74, 6) is 0.783. The minimum absolute atomic E-state index is 0.0994. The number of carbonyl (C=O) groups excluding carboxylic acids is 1. The summed E-state index contributed by atoms with van der Waals surface area (Å²) in [6, 6.07) is 21.4. The summed E-state index contributed by atoms with van der Waals surface area (Å²) in [6.07, 6.45) is 0. The summed E-state index contributed by atoms with van der Waals surface area (Å²) >= 11 is 6.29. The third-order valence-corrected chi connectivity index (χ3v) is 5.28. The molecule has 0 fully saturated rings. The fraction of sp³-hybridized carbons (Fsp3) is 0.125. The van der Waals surface area contributed by atoms with Crippen LogP contribution in [-0.4, -0.2) is 27.9 Å². The number of hydrogen-bond donors (Lipinski definition) is 1. The highest BCUT2D eigenvalue weighted by Crippen LogP contribution is 2.23. The molecular weight excluding hydrogens is 414 g/mol. The van der Waals surface area contributed by atoms with E-state index in [1.165, 1.54) is 0 Å². The Bertz CT molecular complexity index is 1300. The van der Waals surface area contributed by atoms with Gasteiger partial charge in [0.2, 0.25) is 0 Å². The lowest BCUT2D eigenvalue weighted by molar-refractivity contribution is 0.0724. The third kappa shape index (κ3) is 4.44. The lowest BCUT2D eigenvalue weighted by Gasteiger charge is -2.24. The minimum Gasteiger partial charge on any atom is -0.496 e. The predicted octanol–water partition coefficient (Wildman–Crippen LogP) is 4.43. The maximum Gasteiger partial charge on any atom is 0.258 e. The Balaban J connectivity index is 1.74. The van der Waals surface area contributed by atoms with Crippen molar-refractivity contribution in [2.24, 2.45) is 0 Å². The maximum atomic E-state index is 13.4. The minimum atomic E-state index is -0.271. The van der Waals surface area contributed by atoms with Crippen LogP contribution in [0.15, 0.2) is 77.6 Å². The summed E-state index contributed by atoms with van der Waals surface area (Å²) in [4.78, 5) is 34.8. The fourth-order valence-electron chi connectivity index (χ4n) is 3.43. The van der Waals surface area contributed by atoms with E-state index in [1.54, 1.807) is 54.5 Å². The van der Waals surface area contributed by atoms with E-state index in [2.05, 4.69) is 9.97 Å². The number of carbonyl (C=O) groups is 1. The average molecular weight is 434 g/mol. The number of ether oxygens (including phenoxy) is 1. The first-order valence-electron chi connectivity index (χ1n) is 9.70. The number of nitrogens with one attached hydrogen (secondary N) is 1. The second-order valence-corrected chi connectivity index (χ2v) is 7.39. The molecule has 0 aliphatic carbocycles. The summed E-state index contributed by atoms with van der Waals surface area (Å²) in [7, 11) is 1.58. The molecule has 4 aromatic rings. The molecule has 0 spiro atoms. The summed E-state index contributed by atoms with van der Waals surface area (Å²) in [6.45, 7) is 0.354. The lowest BCUT2D eigenvalue weighted by atomic mass is 10.1. The molecule has 0 bridgehead atoms. The SMILES string of the molecule is COc1ccccc1CN(Cc1nc2ccccc2c(=O)[nH]1)C(=O)c1ccccc1Cl. The van der Waals surface area contributed by atoms with Crippen molar-refractivity contribution in [1.82, 2.24) is 14.9 Å². The molecule has 0 unspecified atom stereocenters. The number of aromatic amines is 1.